The summed E-state index contributed by atoms with van der Waals surface area (Å²) in [5.41, 5.74) is 4.10. The molecular weight excluding hydrogens is 340 g/mol. The summed E-state index contributed by atoms with van der Waals surface area (Å²) in [5.74, 6) is -0.745. The number of pyridine rings is 1. The van der Waals surface area contributed by atoms with Crippen molar-refractivity contribution in [3.05, 3.63) is 82.3 Å². The molecule has 5 heteroatoms. The zero-order chi connectivity index (χ0) is 19.2. The third kappa shape index (κ3) is 4.44. The number of fused-ring (bicyclic) bond motifs is 3. The summed E-state index contributed by atoms with van der Waals surface area (Å²) in [6, 6.07) is 18.7. The van der Waals surface area contributed by atoms with Gasteiger partial charge in [0.05, 0.1) is 0 Å². The Morgan fingerprint density at radius 3 is 2.37 bits per heavy atom. The third-order valence-electron chi connectivity index (χ3n) is 4.44. The Morgan fingerprint density at radius 1 is 0.963 bits per heavy atom. The lowest BCUT2D eigenvalue weighted by atomic mass is 10.0. The topological polar surface area (TPSA) is 85.9 Å². The van der Waals surface area contributed by atoms with Gasteiger partial charge >= 0.3 is 5.97 Å². The van der Waals surface area contributed by atoms with Crippen molar-refractivity contribution in [3.63, 3.8) is 0 Å². The van der Waals surface area contributed by atoms with Gasteiger partial charge in [-0.05, 0) is 42.2 Å². The van der Waals surface area contributed by atoms with Crippen molar-refractivity contribution in [1.29, 1.82) is 0 Å². The molecule has 27 heavy (non-hydrogen) atoms. The molecule has 0 aliphatic heterocycles. The van der Waals surface area contributed by atoms with E-state index in [1.807, 2.05) is 24.4 Å². The summed E-state index contributed by atoms with van der Waals surface area (Å²) >= 11 is 0. The van der Waals surface area contributed by atoms with E-state index >= 15 is 0 Å². The minimum Gasteiger partial charge on any atom is -0.481 e. The number of carboxylic acids is 1. The summed E-state index contributed by atoms with van der Waals surface area (Å²) in [5, 5.41) is 9.81. The lowest BCUT2D eigenvalue weighted by molar-refractivity contribution is -0.136. The molecule has 0 fully saturated rings. The molecule has 2 heterocycles. The second-order valence-electron chi connectivity index (χ2n) is 6.33. The van der Waals surface area contributed by atoms with Crippen molar-refractivity contribution < 1.29 is 9.90 Å². The van der Waals surface area contributed by atoms with Crippen molar-refractivity contribution >= 4 is 27.8 Å². The summed E-state index contributed by atoms with van der Waals surface area (Å²) in [6.45, 7) is 1.60. The number of hydrogen-bond acceptors (Lipinski definition) is 2. The molecule has 138 valence electrons. The molecule has 0 unspecified atom stereocenters. The third-order valence-corrected chi connectivity index (χ3v) is 4.44. The van der Waals surface area contributed by atoms with Crippen LogP contribution >= 0.6 is 0 Å². The SMILES string of the molecule is CCC(=O)O.O=c1[nH]c2ccc(CCc3ccccc3)cc2c2cc[nH]c12. The van der Waals surface area contributed by atoms with E-state index in [1.54, 1.807) is 6.92 Å². The van der Waals surface area contributed by atoms with Crippen LogP contribution in [-0.4, -0.2) is 21.0 Å². The highest BCUT2D eigenvalue weighted by molar-refractivity contribution is 6.04. The highest BCUT2D eigenvalue weighted by Crippen LogP contribution is 2.22. The van der Waals surface area contributed by atoms with Crippen molar-refractivity contribution in [2.45, 2.75) is 26.2 Å². The molecule has 2 aromatic heterocycles. The van der Waals surface area contributed by atoms with Crippen LogP contribution in [0.2, 0.25) is 0 Å². The Labute approximate surface area is 156 Å². The van der Waals surface area contributed by atoms with Crippen LogP contribution in [0.5, 0.6) is 0 Å². The summed E-state index contributed by atoms with van der Waals surface area (Å²) in [7, 11) is 0. The molecule has 3 N–H and O–H groups in total. The minimum absolute atomic E-state index is 0.0652. The Hall–Kier alpha value is -3.34. The van der Waals surface area contributed by atoms with Crippen LogP contribution in [0.1, 0.15) is 24.5 Å². The lowest BCUT2D eigenvalue weighted by Gasteiger charge is -2.05. The number of benzene rings is 2. The number of carbonyl (C=O) groups is 1. The van der Waals surface area contributed by atoms with E-state index in [0.717, 1.165) is 29.1 Å². The molecule has 0 amide bonds. The molecule has 5 nitrogen and oxygen atoms in total. The van der Waals surface area contributed by atoms with Gasteiger partial charge in [0.25, 0.3) is 5.56 Å². The van der Waals surface area contributed by atoms with Gasteiger partial charge in [0.2, 0.25) is 0 Å². The van der Waals surface area contributed by atoms with Gasteiger partial charge < -0.3 is 15.1 Å². The fraction of sp³-hybridized carbons (Fsp3) is 0.182. The smallest absolute Gasteiger partial charge is 0.303 e. The Morgan fingerprint density at radius 2 is 1.67 bits per heavy atom. The highest BCUT2D eigenvalue weighted by atomic mass is 16.4. The zero-order valence-electron chi connectivity index (χ0n) is 15.2. The van der Waals surface area contributed by atoms with Gasteiger partial charge in [0.15, 0.2) is 0 Å². The van der Waals surface area contributed by atoms with E-state index < -0.39 is 5.97 Å². The maximum Gasteiger partial charge on any atom is 0.303 e. The Bertz CT molecular complexity index is 1110. The van der Waals surface area contributed by atoms with E-state index in [1.165, 1.54) is 11.1 Å². The second kappa shape index (κ2) is 8.36. The van der Waals surface area contributed by atoms with E-state index in [-0.39, 0.29) is 12.0 Å². The van der Waals surface area contributed by atoms with Crippen molar-refractivity contribution in [3.8, 4) is 0 Å². The summed E-state index contributed by atoms with van der Waals surface area (Å²) in [6.07, 6.45) is 4.05. The van der Waals surface area contributed by atoms with E-state index in [9.17, 15) is 9.59 Å². The molecule has 0 aliphatic rings. The molecular formula is C22H22N2O3. The molecule has 0 aliphatic carbocycles. The van der Waals surface area contributed by atoms with E-state index in [4.69, 9.17) is 5.11 Å². The van der Waals surface area contributed by atoms with Gasteiger partial charge in [-0.1, -0.05) is 43.3 Å². The molecule has 0 atom stereocenters. The molecule has 0 radical (unpaired) electrons. The van der Waals surface area contributed by atoms with Gasteiger partial charge in [-0.2, -0.15) is 0 Å². The monoisotopic (exact) mass is 362 g/mol. The first kappa shape index (κ1) is 18.5. The second-order valence-corrected chi connectivity index (χ2v) is 6.33. The number of nitrogens with one attached hydrogen (secondary N) is 2. The van der Waals surface area contributed by atoms with Crippen LogP contribution < -0.4 is 5.56 Å². The quantitative estimate of drug-likeness (QED) is 0.506. The largest absolute Gasteiger partial charge is 0.481 e. The molecule has 4 aromatic rings. The molecule has 0 bridgehead atoms. The van der Waals surface area contributed by atoms with E-state index in [2.05, 4.69) is 46.4 Å². The number of hydrogen-bond donors (Lipinski definition) is 3. The predicted octanol–water partition coefficient (Wildman–Crippen LogP) is 4.28. The molecule has 0 spiro atoms. The first-order valence-electron chi connectivity index (χ1n) is 8.96. The fourth-order valence-electron chi connectivity index (χ4n) is 2.98. The van der Waals surface area contributed by atoms with E-state index in [0.29, 0.717) is 5.52 Å². The number of rotatable bonds is 4. The van der Waals surface area contributed by atoms with Crippen LogP contribution in [0.4, 0.5) is 0 Å². The van der Waals surface area contributed by atoms with Crippen LogP contribution in [0, 0.1) is 0 Å². The Kier molecular flexibility index (Phi) is 5.71. The number of aliphatic carboxylic acids is 1. The van der Waals surface area contributed by atoms with Crippen LogP contribution in [0.3, 0.4) is 0 Å². The molecule has 0 saturated carbocycles. The maximum absolute atomic E-state index is 12.0. The number of aryl methyl sites for hydroxylation is 2. The number of H-pyrrole nitrogens is 2. The highest BCUT2D eigenvalue weighted by Gasteiger charge is 2.06. The van der Waals surface area contributed by atoms with Gasteiger partial charge in [0, 0.05) is 28.9 Å². The van der Waals surface area contributed by atoms with Gasteiger partial charge in [-0.25, -0.2) is 0 Å². The standard InChI is InChI=1S/C19H16N2O.C3H6O2/c22-19-18-15(10-11-20-18)16-12-14(8-9-17(16)21-19)7-6-13-4-2-1-3-5-13;1-2-3(4)5/h1-5,8-12,20H,6-7H2,(H,21,22);2H2,1H3,(H,4,5). The van der Waals surface area contributed by atoms with Crippen molar-refractivity contribution in [1.82, 2.24) is 9.97 Å². The zero-order valence-corrected chi connectivity index (χ0v) is 15.2. The Balaban J connectivity index is 0.000000376. The van der Waals surface area contributed by atoms with Gasteiger partial charge in [0.1, 0.15) is 5.52 Å². The number of aromatic nitrogens is 2. The average Bonchev–Trinajstić information content (AvgIpc) is 3.19. The normalized spacial score (nSPS) is 10.6. The molecule has 0 saturated heterocycles. The average molecular weight is 362 g/mol. The first-order chi connectivity index (χ1) is 13.1. The lowest BCUT2D eigenvalue weighted by Crippen LogP contribution is -2.06. The minimum atomic E-state index is -0.745. The first-order valence-corrected chi connectivity index (χ1v) is 8.96. The van der Waals surface area contributed by atoms with Crippen LogP contribution in [0.25, 0.3) is 21.8 Å². The fourth-order valence-corrected chi connectivity index (χ4v) is 2.98. The van der Waals surface area contributed by atoms with Crippen molar-refractivity contribution in [2.75, 3.05) is 0 Å². The summed E-state index contributed by atoms with van der Waals surface area (Å²) < 4.78 is 0. The summed E-state index contributed by atoms with van der Waals surface area (Å²) in [4.78, 5) is 27.3. The van der Waals surface area contributed by atoms with Crippen molar-refractivity contribution in [2.24, 2.45) is 0 Å². The number of carboxylic acid groups (broad SMARTS) is 1. The maximum atomic E-state index is 12.0. The predicted molar refractivity (Wildman–Crippen MR) is 108 cm³/mol. The molecule has 4 rings (SSSR count). The number of aromatic amines is 2. The molecule has 2 aromatic carbocycles. The van der Waals surface area contributed by atoms with Gasteiger partial charge in [-0.3, -0.25) is 9.59 Å². The van der Waals surface area contributed by atoms with Crippen LogP contribution in [0.15, 0.2) is 65.6 Å². The van der Waals surface area contributed by atoms with Crippen LogP contribution in [-0.2, 0) is 17.6 Å². The van der Waals surface area contributed by atoms with Gasteiger partial charge in [-0.15, -0.1) is 0 Å².